The Morgan fingerprint density at radius 1 is 1.32 bits per heavy atom. The largest absolute Gasteiger partial charge is 0.478 e. The number of hydrogen-bond acceptors (Lipinski definition) is 4. The van der Waals surface area contributed by atoms with Crippen molar-refractivity contribution in [2.24, 2.45) is 0 Å². The van der Waals surface area contributed by atoms with Crippen LogP contribution in [0.2, 0.25) is 0 Å². The van der Waals surface area contributed by atoms with Crippen molar-refractivity contribution in [2.45, 2.75) is 31.2 Å². The molecule has 0 radical (unpaired) electrons. The minimum atomic E-state index is -3.84. The van der Waals surface area contributed by atoms with Crippen LogP contribution in [-0.2, 0) is 20.8 Å². The molecule has 1 aliphatic rings. The molecule has 0 bridgehead atoms. The second-order valence-electron chi connectivity index (χ2n) is 6.02. The zero-order valence-electron chi connectivity index (χ0n) is 12.7. The normalized spacial score (nSPS) is 22.4. The van der Waals surface area contributed by atoms with E-state index in [2.05, 4.69) is 0 Å². The third kappa shape index (κ3) is 3.23. The predicted octanol–water partition coefficient (Wildman–Crippen LogP) is 1.22. The molecule has 1 aromatic carbocycles. The van der Waals surface area contributed by atoms with Gasteiger partial charge in [0.25, 0.3) is 0 Å². The van der Waals surface area contributed by atoms with Gasteiger partial charge in [-0.1, -0.05) is 0 Å². The highest BCUT2D eigenvalue weighted by Gasteiger charge is 2.41. The summed E-state index contributed by atoms with van der Waals surface area (Å²) in [6.07, 6.45) is 0. The molecular formula is C14H19NO5S2. The molecule has 6 nitrogen and oxygen atoms in total. The van der Waals surface area contributed by atoms with Gasteiger partial charge in [-0.3, -0.25) is 4.21 Å². The van der Waals surface area contributed by atoms with Crippen LogP contribution in [0.25, 0.3) is 0 Å². The molecule has 1 aromatic rings. The van der Waals surface area contributed by atoms with Crippen LogP contribution in [-0.4, -0.2) is 51.6 Å². The van der Waals surface area contributed by atoms with Crippen molar-refractivity contribution in [3.8, 4) is 0 Å². The third-order valence-electron chi connectivity index (χ3n) is 3.60. The summed E-state index contributed by atoms with van der Waals surface area (Å²) in [5.74, 6) is -0.608. The Morgan fingerprint density at radius 3 is 2.50 bits per heavy atom. The molecular weight excluding hydrogens is 326 g/mol. The molecule has 22 heavy (non-hydrogen) atoms. The van der Waals surface area contributed by atoms with Crippen LogP contribution in [0.4, 0.5) is 0 Å². The standard InChI is InChI=1S/C14H19NO5S2/c1-10-6-11(13(16)17)8-12(7-10)22(19,20)15-4-5-21(18)9-14(15,2)3/h6-8H,4-5,9H2,1-3H3,(H,16,17). The predicted molar refractivity (Wildman–Crippen MR) is 84.0 cm³/mol. The maximum atomic E-state index is 12.9. The van der Waals surface area contributed by atoms with Crippen LogP contribution in [0.1, 0.15) is 29.8 Å². The van der Waals surface area contributed by atoms with Gasteiger partial charge >= 0.3 is 5.97 Å². The third-order valence-corrected chi connectivity index (χ3v) is 7.35. The number of rotatable bonds is 3. The lowest BCUT2D eigenvalue weighted by Gasteiger charge is -2.40. The number of carbonyl (C=O) groups is 1. The van der Waals surface area contributed by atoms with Crippen molar-refractivity contribution >= 4 is 26.8 Å². The Labute approximate surface area is 132 Å². The lowest BCUT2D eigenvalue weighted by Crippen LogP contribution is -2.56. The van der Waals surface area contributed by atoms with Crippen LogP contribution in [0, 0.1) is 6.92 Å². The fourth-order valence-corrected chi connectivity index (χ4v) is 6.20. The van der Waals surface area contributed by atoms with E-state index in [-0.39, 0.29) is 22.8 Å². The summed E-state index contributed by atoms with van der Waals surface area (Å²) in [5.41, 5.74) is -0.261. The number of aromatic carboxylic acids is 1. The average molecular weight is 345 g/mol. The highest BCUT2D eigenvalue weighted by molar-refractivity contribution is 7.89. The summed E-state index contributed by atoms with van der Waals surface area (Å²) in [6.45, 7) is 5.28. The molecule has 1 aliphatic heterocycles. The van der Waals surface area contributed by atoms with E-state index in [4.69, 9.17) is 5.11 Å². The Kier molecular flexibility index (Phi) is 4.47. The van der Waals surface area contributed by atoms with Crippen molar-refractivity contribution in [3.05, 3.63) is 29.3 Å². The molecule has 2 rings (SSSR count). The molecule has 122 valence electrons. The molecule has 1 atom stereocenters. The minimum absolute atomic E-state index is 0.0364. The summed E-state index contributed by atoms with van der Waals surface area (Å²) in [6, 6.07) is 4.06. The first-order chi connectivity index (χ1) is 10.0. The fraction of sp³-hybridized carbons (Fsp3) is 0.500. The van der Waals surface area contributed by atoms with Crippen LogP contribution in [0.5, 0.6) is 0 Å². The molecule has 0 saturated carbocycles. The van der Waals surface area contributed by atoms with E-state index in [9.17, 15) is 17.4 Å². The van der Waals surface area contributed by atoms with Crippen molar-refractivity contribution in [1.29, 1.82) is 0 Å². The lowest BCUT2D eigenvalue weighted by molar-refractivity contribution is 0.0696. The zero-order valence-corrected chi connectivity index (χ0v) is 14.3. The molecule has 1 N–H and O–H groups in total. The Bertz CT molecular complexity index is 740. The van der Waals surface area contributed by atoms with E-state index < -0.39 is 32.3 Å². The van der Waals surface area contributed by atoms with Gasteiger partial charge < -0.3 is 5.11 Å². The van der Waals surface area contributed by atoms with E-state index in [1.807, 2.05) is 0 Å². The summed E-state index contributed by atoms with van der Waals surface area (Å²) in [5, 5.41) is 9.10. The van der Waals surface area contributed by atoms with Gasteiger partial charge in [0.1, 0.15) is 0 Å². The Morgan fingerprint density at radius 2 is 1.95 bits per heavy atom. The average Bonchev–Trinajstić information content (AvgIpc) is 2.36. The quantitative estimate of drug-likeness (QED) is 0.889. The SMILES string of the molecule is Cc1cc(C(=O)O)cc(S(=O)(=O)N2CCS(=O)CC2(C)C)c1. The van der Waals surface area contributed by atoms with Gasteiger partial charge in [-0.15, -0.1) is 0 Å². The molecule has 0 amide bonds. The summed E-state index contributed by atoms with van der Waals surface area (Å²) in [4.78, 5) is 11.1. The Balaban J connectivity index is 2.51. The lowest BCUT2D eigenvalue weighted by atomic mass is 10.1. The van der Waals surface area contributed by atoms with Crippen LogP contribution in [0.15, 0.2) is 23.1 Å². The van der Waals surface area contributed by atoms with E-state index in [1.54, 1.807) is 20.8 Å². The van der Waals surface area contributed by atoms with Crippen LogP contribution < -0.4 is 0 Å². The minimum Gasteiger partial charge on any atom is -0.478 e. The van der Waals surface area contributed by atoms with E-state index >= 15 is 0 Å². The number of aryl methyl sites for hydroxylation is 1. The first kappa shape index (κ1) is 17.1. The van der Waals surface area contributed by atoms with E-state index in [0.717, 1.165) is 0 Å². The van der Waals surface area contributed by atoms with E-state index in [1.165, 1.54) is 22.5 Å². The molecule has 1 heterocycles. The molecule has 1 unspecified atom stereocenters. The number of sulfonamides is 1. The van der Waals surface area contributed by atoms with Crippen molar-refractivity contribution in [3.63, 3.8) is 0 Å². The maximum absolute atomic E-state index is 12.9. The first-order valence-corrected chi connectivity index (χ1v) is 9.70. The highest BCUT2D eigenvalue weighted by Crippen LogP contribution is 2.29. The first-order valence-electron chi connectivity index (χ1n) is 6.77. The zero-order chi connectivity index (χ0) is 16.7. The Hall–Kier alpha value is -1.25. The van der Waals surface area contributed by atoms with Crippen LogP contribution >= 0.6 is 0 Å². The molecule has 0 aromatic heterocycles. The van der Waals surface area contributed by atoms with Crippen molar-refractivity contribution in [2.75, 3.05) is 18.1 Å². The second-order valence-corrected chi connectivity index (χ2v) is 9.46. The van der Waals surface area contributed by atoms with Gasteiger partial charge in [-0.05, 0) is 44.5 Å². The smallest absolute Gasteiger partial charge is 0.335 e. The number of nitrogens with zero attached hydrogens (tertiary/aromatic N) is 1. The highest BCUT2D eigenvalue weighted by atomic mass is 32.2. The molecule has 0 aliphatic carbocycles. The van der Waals surface area contributed by atoms with Gasteiger partial charge in [0.2, 0.25) is 10.0 Å². The van der Waals surface area contributed by atoms with Gasteiger partial charge in [-0.25, -0.2) is 13.2 Å². The van der Waals surface area contributed by atoms with Crippen LogP contribution in [0.3, 0.4) is 0 Å². The van der Waals surface area contributed by atoms with E-state index in [0.29, 0.717) is 11.3 Å². The molecule has 1 saturated heterocycles. The summed E-state index contributed by atoms with van der Waals surface area (Å²) in [7, 11) is -4.87. The van der Waals surface area contributed by atoms with Gasteiger partial charge in [0.05, 0.1) is 10.5 Å². The monoisotopic (exact) mass is 345 g/mol. The summed E-state index contributed by atoms with van der Waals surface area (Å²) >= 11 is 0. The molecule has 8 heteroatoms. The molecule has 0 spiro atoms. The number of hydrogen-bond donors (Lipinski definition) is 1. The number of benzene rings is 1. The van der Waals surface area contributed by atoms with Gasteiger partial charge in [-0.2, -0.15) is 4.31 Å². The second kappa shape index (κ2) is 5.75. The van der Waals surface area contributed by atoms with Crippen molar-refractivity contribution in [1.82, 2.24) is 4.31 Å². The maximum Gasteiger partial charge on any atom is 0.335 e. The van der Waals surface area contributed by atoms with Gasteiger partial charge in [0, 0.05) is 34.4 Å². The fourth-order valence-electron chi connectivity index (χ4n) is 2.62. The topological polar surface area (TPSA) is 91.8 Å². The summed E-state index contributed by atoms with van der Waals surface area (Å²) < 4.78 is 38.8. The van der Waals surface area contributed by atoms with Crippen molar-refractivity contribution < 1.29 is 22.5 Å². The molecule has 1 fully saturated rings. The van der Waals surface area contributed by atoms with Gasteiger partial charge in [0.15, 0.2) is 0 Å². The number of carboxylic acids is 1. The number of carboxylic acid groups (broad SMARTS) is 1.